The molecule has 0 heterocycles. The number of allylic oxidation sites excluding steroid dienone is 2. The van der Waals surface area contributed by atoms with Crippen molar-refractivity contribution in [1.29, 1.82) is 0 Å². The smallest absolute Gasteiger partial charge is 0.144 e. The molecule has 0 saturated carbocycles. The summed E-state index contributed by atoms with van der Waals surface area (Å²) in [5, 5.41) is 3.57. The van der Waals surface area contributed by atoms with Gasteiger partial charge in [-0.05, 0) is 66.5 Å². The summed E-state index contributed by atoms with van der Waals surface area (Å²) in [4.78, 5) is 8.54. The second-order valence-corrected chi connectivity index (χ2v) is 7.27. The van der Waals surface area contributed by atoms with Gasteiger partial charge in [-0.1, -0.05) is 58.7 Å². The van der Waals surface area contributed by atoms with Crippen molar-refractivity contribution in [3.63, 3.8) is 0 Å². The average molecular weight is 407 g/mol. The Morgan fingerprint density at radius 1 is 1.17 bits per heavy atom. The van der Waals surface area contributed by atoms with Crippen molar-refractivity contribution in [2.45, 2.75) is 59.9 Å². The molecule has 0 unspecified atom stereocenters. The molecule has 0 aliphatic carbocycles. The monoisotopic (exact) mass is 406 g/mol. The first-order chi connectivity index (χ1) is 14.2. The van der Waals surface area contributed by atoms with Gasteiger partial charge in [0.15, 0.2) is 0 Å². The summed E-state index contributed by atoms with van der Waals surface area (Å²) >= 11 is 0. The molecule has 3 N–H and O–H groups in total. The van der Waals surface area contributed by atoms with Crippen LogP contribution >= 0.6 is 0 Å². The zero-order valence-corrected chi connectivity index (χ0v) is 19.6. The first-order valence-corrected chi connectivity index (χ1v) is 10.6. The number of nitrogens with zero attached hydrogens (tertiary/aromatic N) is 2. The van der Waals surface area contributed by atoms with Crippen LogP contribution in [0.4, 0.5) is 0 Å². The lowest BCUT2D eigenvalue weighted by Crippen LogP contribution is -2.23. The fourth-order valence-corrected chi connectivity index (χ4v) is 3.43. The molecule has 1 rings (SSSR count). The van der Waals surface area contributed by atoms with Gasteiger partial charge in [0.1, 0.15) is 11.5 Å². The number of benzene rings is 1. The van der Waals surface area contributed by atoms with Gasteiger partial charge in [0, 0.05) is 19.0 Å². The summed E-state index contributed by atoms with van der Waals surface area (Å²) in [5.74, 6) is 0.397. The Hall–Kier alpha value is -2.88. The van der Waals surface area contributed by atoms with Gasteiger partial charge in [-0.25, -0.2) is 0 Å². The lowest BCUT2D eigenvalue weighted by molar-refractivity contribution is 0.582. The number of hydrogen-bond acceptors (Lipinski definition) is 3. The lowest BCUT2D eigenvalue weighted by atomic mass is 9.93. The quantitative estimate of drug-likeness (QED) is 0.258. The Kier molecular flexibility index (Phi) is 10.0. The molecule has 4 heteroatoms. The van der Waals surface area contributed by atoms with Gasteiger partial charge in [-0.3, -0.25) is 9.98 Å². The van der Waals surface area contributed by atoms with Crippen molar-refractivity contribution in [2.75, 3.05) is 7.05 Å². The van der Waals surface area contributed by atoms with Gasteiger partial charge < -0.3 is 11.1 Å². The molecule has 0 spiro atoms. The second-order valence-electron chi connectivity index (χ2n) is 7.27. The third-order valence-electron chi connectivity index (χ3n) is 5.35. The van der Waals surface area contributed by atoms with E-state index in [0.717, 1.165) is 41.7 Å². The molecule has 0 saturated heterocycles. The van der Waals surface area contributed by atoms with Gasteiger partial charge >= 0.3 is 0 Å². The Balaban J connectivity index is 3.22. The molecule has 1 aromatic rings. The SMILES string of the molecule is C=C(N[C@@H](CC)c1ccc(C(=C)CC)cc1C)C(=C)/C(CC)=C(\N=CC)C(N)=NC. The normalized spacial score (nSPS) is 13.7. The third kappa shape index (κ3) is 6.06. The minimum absolute atomic E-state index is 0.131. The van der Waals surface area contributed by atoms with Gasteiger partial charge in [-0.2, -0.15) is 0 Å². The van der Waals surface area contributed by atoms with Crippen LogP contribution in [-0.2, 0) is 0 Å². The van der Waals surface area contributed by atoms with Crippen LogP contribution in [0.25, 0.3) is 5.57 Å². The maximum absolute atomic E-state index is 6.09. The van der Waals surface area contributed by atoms with Crippen molar-refractivity contribution >= 4 is 17.6 Å². The van der Waals surface area contributed by atoms with Gasteiger partial charge in [0.2, 0.25) is 0 Å². The largest absolute Gasteiger partial charge is 0.382 e. The zero-order valence-electron chi connectivity index (χ0n) is 19.6. The minimum Gasteiger partial charge on any atom is -0.382 e. The molecular formula is C26H38N4. The molecule has 1 aromatic carbocycles. The Morgan fingerprint density at radius 3 is 2.30 bits per heavy atom. The maximum Gasteiger partial charge on any atom is 0.144 e. The van der Waals surface area contributed by atoms with E-state index in [4.69, 9.17) is 5.73 Å². The van der Waals surface area contributed by atoms with Gasteiger partial charge in [0.05, 0.1) is 6.04 Å². The van der Waals surface area contributed by atoms with Crippen LogP contribution in [0.5, 0.6) is 0 Å². The molecule has 162 valence electrons. The van der Waals surface area contributed by atoms with Crippen LogP contribution < -0.4 is 11.1 Å². The van der Waals surface area contributed by atoms with Gasteiger partial charge in [-0.15, -0.1) is 0 Å². The Labute approximate surface area is 183 Å². The van der Waals surface area contributed by atoms with E-state index in [0.29, 0.717) is 11.5 Å². The Bertz CT molecular complexity index is 884. The molecular weight excluding hydrogens is 368 g/mol. The molecule has 0 bridgehead atoms. The zero-order chi connectivity index (χ0) is 22.8. The first-order valence-electron chi connectivity index (χ1n) is 10.6. The Morgan fingerprint density at radius 2 is 1.83 bits per heavy atom. The van der Waals surface area contributed by atoms with E-state index >= 15 is 0 Å². The van der Waals surface area contributed by atoms with E-state index in [2.05, 4.69) is 80.9 Å². The van der Waals surface area contributed by atoms with Crippen molar-refractivity contribution in [1.82, 2.24) is 5.32 Å². The predicted octanol–water partition coefficient (Wildman–Crippen LogP) is 6.27. The van der Waals surface area contributed by atoms with Crippen molar-refractivity contribution in [2.24, 2.45) is 15.7 Å². The standard InChI is InChI=1S/C26H38N4/c1-10-17(5)21-14-15-23(18(6)16-21)24(12-3)30-20(8)19(7)22(11-2)25(29-13-4)26(27)28-9/h13-16,24,30H,5,7-8,10-12H2,1-4,6,9H3,(H2,27,28)/b25-22-,29-13?/t24-/m0/s1. The number of nitrogens with one attached hydrogen (secondary N) is 1. The highest BCUT2D eigenvalue weighted by Gasteiger charge is 2.18. The maximum atomic E-state index is 6.09. The molecule has 30 heavy (non-hydrogen) atoms. The average Bonchev–Trinajstić information content (AvgIpc) is 2.75. The highest BCUT2D eigenvalue weighted by molar-refractivity contribution is 5.99. The van der Waals surface area contributed by atoms with Crippen LogP contribution in [0, 0.1) is 6.92 Å². The van der Waals surface area contributed by atoms with E-state index in [1.165, 1.54) is 16.7 Å². The summed E-state index contributed by atoms with van der Waals surface area (Å²) in [5.41, 5.74) is 14.1. The molecule has 0 aromatic heterocycles. The number of aliphatic imine (C=N–C) groups is 2. The summed E-state index contributed by atoms with van der Waals surface area (Å²) in [7, 11) is 1.66. The summed E-state index contributed by atoms with van der Waals surface area (Å²) < 4.78 is 0. The fourth-order valence-electron chi connectivity index (χ4n) is 3.43. The highest BCUT2D eigenvalue weighted by atomic mass is 14.9. The van der Waals surface area contributed by atoms with E-state index in [-0.39, 0.29) is 6.04 Å². The number of rotatable bonds is 11. The summed E-state index contributed by atoms with van der Waals surface area (Å²) in [6.45, 7) is 23.1. The van der Waals surface area contributed by atoms with E-state index in [1.54, 1.807) is 13.3 Å². The number of nitrogens with two attached hydrogens (primary N) is 1. The number of amidine groups is 1. The van der Waals surface area contributed by atoms with Crippen LogP contribution in [0.2, 0.25) is 0 Å². The van der Waals surface area contributed by atoms with E-state index in [9.17, 15) is 0 Å². The third-order valence-corrected chi connectivity index (χ3v) is 5.35. The topological polar surface area (TPSA) is 62.8 Å². The van der Waals surface area contributed by atoms with Crippen LogP contribution in [0.1, 0.15) is 69.7 Å². The van der Waals surface area contributed by atoms with E-state index in [1.807, 2.05) is 6.92 Å². The van der Waals surface area contributed by atoms with Crippen molar-refractivity contribution in [3.8, 4) is 0 Å². The van der Waals surface area contributed by atoms with Gasteiger partial charge in [0.25, 0.3) is 0 Å². The summed E-state index contributed by atoms with van der Waals surface area (Å²) in [6.07, 6.45) is 4.32. The fraction of sp³-hybridized carbons (Fsp3) is 0.385. The lowest BCUT2D eigenvalue weighted by Gasteiger charge is -2.25. The molecule has 0 amide bonds. The molecule has 4 nitrogen and oxygen atoms in total. The number of hydrogen-bond donors (Lipinski definition) is 2. The molecule has 0 aliphatic heterocycles. The predicted molar refractivity (Wildman–Crippen MR) is 134 cm³/mol. The molecule has 1 atom stereocenters. The molecule has 0 fully saturated rings. The van der Waals surface area contributed by atoms with Crippen LogP contribution in [-0.4, -0.2) is 19.1 Å². The summed E-state index contributed by atoms with van der Waals surface area (Å²) in [6, 6.07) is 6.69. The molecule has 0 radical (unpaired) electrons. The second kappa shape index (κ2) is 12.0. The minimum atomic E-state index is 0.131. The van der Waals surface area contributed by atoms with Crippen LogP contribution in [0.3, 0.4) is 0 Å². The molecule has 0 aliphatic rings. The first kappa shape index (κ1) is 25.2. The van der Waals surface area contributed by atoms with Crippen LogP contribution in [0.15, 0.2) is 70.5 Å². The van der Waals surface area contributed by atoms with E-state index < -0.39 is 0 Å². The number of aryl methyl sites for hydroxylation is 1. The van der Waals surface area contributed by atoms with Crippen molar-refractivity contribution in [3.05, 3.63) is 77.2 Å². The van der Waals surface area contributed by atoms with Crippen molar-refractivity contribution < 1.29 is 0 Å². The highest BCUT2D eigenvalue weighted by Crippen LogP contribution is 2.29.